The third-order valence-electron chi connectivity index (χ3n) is 4.20. The SMILES string of the molecule is CCc1ccccc1NC(=O)CNC(=O)CN1CC(C)OCC1C. The van der Waals surface area contributed by atoms with Gasteiger partial charge in [0.2, 0.25) is 11.8 Å². The van der Waals surface area contributed by atoms with Crippen molar-refractivity contribution in [3.05, 3.63) is 29.8 Å². The number of ether oxygens (including phenoxy) is 1. The highest BCUT2D eigenvalue weighted by Crippen LogP contribution is 2.15. The second kappa shape index (κ2) is 8.80. The first-order chi connectivity index (χ1) is 11.5. The molecule has 1 aromatic rings. The third kappa shape index (κ3) is 5.32. The van der Waals surface area contributed by atoms with Crippen LogP contribution < -0.4 is 10.6 Å². The molecule has 0 bridgehead atoms. The molecule has 1 aromatic carbocycles. The molecule has 2 N–H and O–H groups in total. The number of hydrogen-bond acceptors (Lipinski definition) is 4. The standard InChI is InChI=1S/C18H27N3O3/c1-4-15-7-5-6-8-16(15)20-17(22)9-19-18(23)11-21-10-14(3)24-12-13(21)2/h5-8,13-14H,4,9-12H2,1-3H3,(H,19,23)(H,20,22). The lowest BCUT2D eigenvalue weighted by molar-refractivity contribution is -0.128. The van der Waals surface area contributed by atoms with Gasteiger partial charge in [0, 0.05) is 18.3 Å². The summed E-state index contributed by atoms with van der Waals surface area (Å²) in [5, 5.41) is 5.54. The fourth-order valence-electron chi connectivity index (χ4n) is 2.76. The minimum Gasteiger partial charge on any atom is -0.376 e. The predicted octanol–water partition coefficient (Wildman–Crippen LogP) is 1.41. The van der Waals surface area contributed by atoms with E-state index in [9.17, 15) is 9.59 Å². The molecule has 0 aliphatic carbocycles. The number of rotatable bonds is 6. The zero-order valence-corrected chi connectivity index (χ0v) is 14.7. The molecule has 0 spiro atoms. The van der Waals surface area contributed by atoms with Crippen molar-refractivity contribution in [1.82, 2.24) is 10.2 Å². The van der Waals surface area contributed by atoms with E-state index in [2.05, 4.69) is 15.5 Å². The maximum absolute atomic E-state index is 12.1. The van der Waals surface area contributed by atoms with Crippen LogP contribution in [0.2, 0.25) is 0 Å². The normalized spacial score (nSPS) is 21.3. The minimum atomic E-state index is -0.215. The average molecular weight is 333 g/mol. The first kappa shape index (κ1) is 18.4. The van der Waals surface area contributed by atoms with Crippen LogP contribution in [0, 0.1) is 0 Å². The van der Waals surface area contributed by atoms with E-state index < -0.39 is 0 Å². The molecule has 2 amide bonds. The quantitative estimate of drug-likeness (QED) is 0.826. The van der Waals surface area contributed by atoms with E-state index in [1.165, 1.54) is 0 Å². The maximum Gasteiger partial charge on any atom is 0.243 e. The summed E-state index contributed by atoms with van der Waals surface area (Å²) in [4.78, 5) is 26.2. The number of para-hydroxylation sites is 1. The number of carbonyl (C=O) groups is 2. The number of amides is 2. The van der Waals surface area contributed by atoms with Crippen LogP contribution in [-0.4, -0.2) is 55.1 Å². The van der Waals surface area contributed by atoms with E-state index >= 15 is 0 Å². The number of anilines is 1. The number of morpholine rings is 1. The van der Waals surface area contributed by atoms with Gasteiger partial charge in [-0.2, -0.15) is 0 Å². The smallest absolute Gasteiger partial charge is 0.243 e. The molecule has 1 aliphatic rings. The van der Waals surface area contributed by atoms with Gasteiger partial charge in [-0.25, -0.2) is 0 Å². The number of carbonyl (C=O) groups excluding carboxylic acids is 2. The fraction of sp³-hybridized carbons (Fsp3) is 0.556. The van der Waals surface area contributed by atoms with Crippen LogP contribution in [0.4, 0.5) is 5.69 Å². The second-order valence-corrected chi connectivity index (χ2v) is 6.26. The Balaban J connectivity index is 1.78. The monoisotopic (exact) mass is 333 g/mol. The lowest BCUT2D eigenvalue weighted by atomic mass is 10.1. The van der Waals surface area contributed by atoms with Crippen molar-refractivity contribution in [2.24, 2.45) is 0 Å². The van der Waals surface area contributed by atoms with Crippen molar-refractivity contribution >= 4 is 17.5 Å². The van der Waals surface area contributed by atoms with Gasteiger partial charge in [0.25, 0.3) is 0 Å². The molecule has 6 nitrogen and oxygen atoms in total. The van der Waals surface area contributed by atoms with Crippen LogP contribution in [0.15, 0.2) is 24.3 Å². The third-order valence-corrected chi connectivity index (χ3v) is 4.20. The molecule has 0 saturated carbocycles. The Morgan fingerprint density at radius 2 is 2.00 bits per heavy atom. The van der Waals surface area contributed by atoms with Gasteiger partial charge >= 0.3 is 0 Å². The molecule has 2 rings (SSSR count). The van der Waals surface area contributed by atoms with Crippen molar-refractivity contribution < 1.29 is 14.3 Å². The summed E-state index contributed by atoms with van der Waals surface area (Å²) in [6.45, 7) is 7.69. The first-order valence-electron chi connectivity index (χ1n) is 8.49. The molecule has 1 saturated heterocycles. The molecule has 0 radical (unpaired) electrons. The van der Waals surface area contributed by atoms with Gasteiger partial charge in [0.1, 0.15) is 0 Å². The van der Waals surface area contributed by atoms with Crippen molar-refractivity contribution in [3.8, 4) is 0 Å². The number of nitrogens with one attached hydrogen (secondary N) is 2. The van der Waals surface area contributed by atoms with E-state index in [4.69, 9.17) is 4.74 Å². The average Bonchev–Trinajstić information content (AvgIpc) is 2.57. The molecular weight excluding hydrogens is 306 g/mol. The fourth-order valence-corrected chi connectivity index (χ4v) is 2.76. The summed E-state index contributed by atoms with van der Waals surface area (Å²) in [6, 6.07) is 7.89. The molecule has 6 heteroatoms. The van der Waals surface area contributed by atoms with Crippen LogP contribution in [-0.2, 0) is 20.7 Å². The van der Waals surface area contributed by atoms with Gasteiger partial charge in [-0.15, -0.1) is 0 Å². The van der Waals surface area contributed by atoms with Crippen molar-refractivity contribution in [2.75, 3.05) is 31.6 Å². The minimum absolute atomic E-state index is 0.0227. The maximum atomic E-state index is 12.1. The Kier molecular flexibility index (Phi) is 6.75. The predicted molar refractivity (Wildman–Crippen MR) is 93.9 cm³/mol. The van der Waals surface area contributed by atoms with Crippen molar-refractivity contribution in [1.29, 1.82) is 0 Å². The highest BCUT2D eigenvalue weighted by Gasteiger charge is 2.25. The molecule has 0 aromatic heterocycles. The topological polar surface area (TPSA) is 70.7 Å². The Bertz CT molecular complexity index is 576. The van der Waals surface area contributed by atoms with Crippen LogP contribution in [0.1, 0.15) is 26.3 Å². The van der Waals surface area contributed by atoms with Gasteiger partial charge in [-0.3, -0.25) is 14.5 Å². The molecule has 2 unspecified atom stereocenters. The van der Waals surface area contributed by atoms with E-state index in [1.807, 2.05) is 45.0 Å². The van der Waals surface area contributed by atoms with Gasteiger partial charge in [-0.1, -0.05) is 25.1 Å². The Labute approximate surface area is 143 Å². The number of nitrogens with zero attached hydrogens (tertiary/aromatic N) is 1. The second-order valence-electron chi connectivity index (χ2n) is 6.26. The number of aryl methyl sites for hydroxylation is 1. The highest BCUT2D eigenvalue weighted by molar-refractivity contribution is 5.95. The Morgan fingerprint density at radius 3 is 2.75 bits per heavy atom. The van der Waals surface area contributed by atoms with Gasteiger partial charge < -0.3 is 15.4 Å². The van der Waals surface area contributed by atoms with E-state index in [0.29, 0.717) is 6.61 Å². The Hall–Kier alpha value is -1.92. The van der Waals surface area contributed by atoms with Gasteiger partial charge in [0.05, 0.1) is 25.8 Å². The van der Waals surface area contributed by atoms with E-state index in [0.717, 1.165) is 24.2 Å². The molecule has 1 heterocycles. The molecule has 1 aliphatic heterocycles. The van der Waals surface area contributed by atoms with E-state index in [-0.39, 0.29) is 37.0 Å². The van der Waals surface area contributed by atoms with Crippen LogP contribution in [0.25, 0.3) is 0 Å². The summed E-state index contributed by atoms with van der Waals surface area (Å²) >= 11 is 0. The first-order valence-corrected chi connectivity index (χ1v) is 8.49. The zero-order valence-electron chi connectivity index (χ0n) is 14.7. The van der Waals surface area contributed by atoms with Crippen molar-refractivity contribution in [2.45, 2.75) is 39.3 Å². The highest BCUT2D eigenvalue weighted by atomic mass is 16.5. The number of benzene rings is 1. The summed E-state index contributed by atoms with van der Waals surface area (Å²) in [5.41, 5.74) is 1.88. The molecule has 24 heavy (non-hydrogen) atoms. The summed E-state index contributed by atoms with van der Waals surface area (Å²) in [6.07, 6.45) is 0.971. The lowest BCUT2D eigenvalue weighted by Crippen LogP contribution is -2.51. The summed E-state index contributed by atoms with van der Waals surface area (Å²) < 4.78 is 5.55. The van der Waals surface area contributed by atoms with Crippen LogP contribution in [0.5, 0.6) is 0 Å². The molecule has 1 fully saturated rings. The Morgan fingerprint density at radius 1 is 1.25 bits per heavy atom. The number of hydrogen-bond donors (Lipinski definition) is 2. The molecule has 132 valence electrons. The lowest BCUT2D eigenvalue weighted by Gasteiger charge is -2.36. The molecular formula is C18H27N3O3. The van der Waals surface area contributed by atoms with Gasteiger partial charge in [-0.05, 0) is 31.9 Å². The van der Waals surface area contributed by atoms with E-state index in [1.54, 1.807) is 0 Å². The van der Waals surface area contributed by atoms with Gasteiger partial charge in [0.15, 0.2) is 0 Å². The van der Waals surface area contributed by atoms with Crippen LogP contribution >= 0.6 is 0 Å². The summed E-state index contributed by atoms with van der Waals surface area (Å²) in [7, 11) is 0. The van der Waals surface area contributed by atoms with Crippen LogP contribution in [0.3, 0.4) is 0 Å². The van der Waals surface area contributed by atoms with Crippen molar-refractivity contribution in [3.63, 3.8) is 0 Å². The molecule has 2 atom stereocenters. The largest absolute Gasteiger partial charge is 0.376 e. The zero-order chi connectivity index (χ0) is 17.5. The summed E-state index contributed by atoms with van der Waals surface area (Å²) in [5.74, 6) is -0.359.